The van der Waals surface area contributed by atoms with Crippen LogP contribution in [0.5, 0.6) is 0 Å². The smallest absolute Gasteiger partial charge is 0.475 e. The standard InChI is InChI=1S/C16H20N4O2.2C2HF3O2/c1-11-18-16(22-19-11)14-8-12-5-7-20(10-15(12)21-14)9-13-4-2-3-6-17-13;2*3-2(4,5)1(6)7/h2-4,6,12,14-15H,5,7-10H2,1H3;2*(H,6,7)/t12-,14+,15+;;/m0../s1. The summed E-state index contributed by atoms with van der Waals surface area (Å²) in [7, 11) is 0. The summed E-state index contributed by atoms with van der Waals surface area (Å²) >= 11 is 0. The lowest BCUT2D eigenvalue weighted by molar-refractivity contribution is -0.193. The van der Waals surface area contributed by atoms with E-state index in [1.54, 1.807) is 0 Å². The predicted molar refractivity (Wildman–Crippen MR) is 106 cm³/mol. The average molecular weight is 528 g/mol. The Balaban J connectivity index is 0.000000271. The van der Waals surface area contributed by atoms with Crippen LogP contribution in [0.25, 0.3) is 0 Å². The first kappa shape index (κ1) is 29.0. The number of pyridine rings is 1. The second kappa shape index (κ2) is 12.1. The summed E-state index contributed by atoms with van der Waals surface area (Å²) in [6.45, 7) is 4.77. The molecular weight excluding hydrogens is 506 g/mol. The summed E-state index contributed by atoms with van der Waals surface area (Å²) in [6, 6.07) is 6.06. The minimum atomic E-state index is -5.08. The number of carboxylic acid groups (broad SMARTS) is 2. The Morgan fingerprint density at radius 3 is 2.19 bits per heavy atom. The lowest BCUT2D eigenvalue weighted by atomic mass is 9.91. The Bertz CT molecular complexity index is 977. The van der Waals surface area contributed by atoms with Crippen molar-refractivity contribution in [1.82, 2.24) is 20.0 Å². The van der Waals surface area contributed by atoms with E-state index in [0.717, 1.165) is 38.2 Å². The fourth-order valence-corrected chi connectivity index (χ4v) is 3.46. The molecule has 4 heterocycles. The maximum absolute atomic E-state index is 10.6. The number of likely N-dealkylation sites (tertiary alicyclic amines) is 1. The third-order valence-electron chi connectivity index (χ3n) is 5.05. The molecule has 36 heavy (non-hydrogen) atoms. The molecule has 0 spiro atoms. The van der Waals surface area contributed by atoms with Gasteiger partial charge in [-0.25, -0.2) is 9.59 Å². The number of alkyl halides is 6. The molecule has 2 saturated heterocycles. The summed E-state index contributed by atoms with van der Waals surface area (Å²) < 4.78 is 74.9. The van der Waals surface area contributed by atoms with Gasteiger partial charge < -0.3 is 19.5 Å². The number of rotatable bonds is 3. The van der Waals surface area contributed by atoms with Crippen LogP contribution in [0, 0.1) is 12.8 Å². The zero-order chi connectivity index (χ0) is 27.1. The normalized spacial score (nSPS) is 21.9. The van der Waals surface area contributed by atoms with E-state index in [0.29, 0.717) is 17.6 Å². The fraction of sp³-hybridized carbons (Fsp3) is 0.550. The van der Waals surface area contributed by atoms with Gasteiger partial charge in [0, 0.05) is 19.3 Å². The topological polar surface area (TPSA) is 139 Å². The predicted octanol–water partition coefficient (Wildman–Crippen LogP) is 3.39. The quantitative estimate of drug-likeness (QED) is 0.570. The van der Waals surface area contributed by atoms with Crippen LogP contribution in [0.15, 0.2) is 28.9 Å². The molecule has 3 atom stereocenters. The number of ether oxygens (including phenoxy) is 1. The van der Waals surface area contributed by atoms with E-state index < -0.39 is 24.3 Å². The van der Waals surface area contributed by atoms with Crippen LogP contribution in [0.2, 0.25) is 0 Å². The minimum Gasteiger partial charge on any atom is -0.475 e. The molecule has 2 aromatic heterocycles. The van der Waals surface area contributed by atoms with Crippen molar-refractivity contribution in [3.8, 4) is 0 Å². The summed E-state index contributed by atoms with van der Waals surface area (Å²) in [5.74, 6) is -3.62. The molecular formula is C20H22F6N4O6. The van der Waals surface area contributed by atoms with E-state index in [-0.39, 0.29) is 12.2 Å². The first-order valence-corrected chi connectivity index (χ1v) is 10.3. The molecule has 2 aromatic rings. The van der Waals surface area contributed by atoms with Crippen LogP contribution >= 0.6 is 0 Å². The number of fused-ring (bicyclic) bond motifs is 1. The van der Waals surface area contributed by atoms with Crippen molar-refractivity contribution in [3.05, 3.63) is 41.8 Å². The van der Waals surface area contributed by atoms with Gasteiger partial charge in [0.05, 0.1) is 11.8 Å². The van der Waals surface area contributed by atoms with Crippen LogP contribution in [0.4, 0.5) is 26.3 Å². The number of halogens is 6. The van der Waals surface area contributed by atoms with Gasteiger partial charge in [0.15, 0.2) is 5.82 Å². The van der Waals surface area contributed by atoms with Gasteiger partial charge in [-0.2, -0.15) is 31.3 Å². The fourth-order valence-electron chi connectivity index (χ4n) is 3.46. The lowest BCUT2D eigenvalue weighted by Crippen LogP contribution is -2.41. The first-order valence-electron chi connectivity index (χ1n) is 10.3. The lowest BCUT2D eigenvalue weighted by Gasteiger charge is -2.33. The minimum absolute atomic E-state index is 0.0361. The summed E-state index contributed by atoms with van der Waals surface area (Å²) in [6.07, 6.45) is -5.95. The van der Waals surface area contributed by atoms with Crippen molar-refractivity contribution >= 4 is 11.9 Å². The zero-order valence-corrected chi connectivity index (χ0v) is 18.7. The number of carbonyl (C=O) groups is 2. The highest BCUT2D eigenvalue weighted by Crippen LogP contribution is 2.40. The van der Waals surface area contributed by atoms with Crippen LogP contribution < -0.4 is 0 Å². The Kier molecular flexibility index (Phi) is 9.75. The van der Waals surface area contributed by atoms with Crippen molar-refractivity contribution in [3.63, 3.8) is 0 Å². The van der Waals surface area contributed by atoms with Gasteiger partial charge in [-0.05, 0) is 44.4 Å². The molecule has 0 aliphatic carbocycles. The van der Waals surface area contributed by atoms with Gasteiger partial charge >= 0.3 is 24.3 Å². The number of hydrogen-bond acceptors (Lipinski definition) is 8. The highest BCUT2D eigenvalue weighted by molar-refractivity contribution is 5.73. The highest BCUT2D eigenvalue weighted by Gasteiger charge is 2.42. The Labute approximate surface area is 199 Å². The maximum Gasteiger partial charge on any atom is 0.490 e. The molecule has 2 aliphatic rings. The van der Waals surface area contributed by atoms with E-state index in [9.17, 15) is 26.3 Å². The average Bonchev–Trinajstić information content (AvgIpc) is 3.39. The molecule has 0 aromatic carbocycles. The molecule has 2 aliphatic heterocycles. The van der Waals surface area contributed by atoms with Crippen LogP contribution in [0.1, 0.15) is 36.4 Å². The van der Waals surface area contributed by atoms with Gasteiger partial charge in [0.1, 0.15) is 6.10 Å². The molecule has 0 amide bonds. The van der Waals surface area contributed by atoms with E-state index in [1.807, 2.05) is 25.3 Å². The molecule has 16 heteroatoms. The van der Waals surface area contributed by atoms with Crippen molar-refractivity contribution in [1.29, 1.82) is 0 Å². The number of hydrogen-bond donors (Lipinski definition) is 2. The Morgan fingerprint density at radius 1 is 1.11 bits per heavy atom. The molecule has 0 unspecified atom stereocenters. The second-order valence-electron chi connectivity index (χ2n) is 7.79. The Morgan fingerprint density at radius 2 is 1.72 bits per heavy atom. The monoisotopic (exact) mass is 528 g/mol. The maximum atomic E-state index is 10.6. The SMILES string of the molecule is Cc1noc([C@H]2C[C@@H]3CCN(Cc4ccccn4)C[C@H]3O2)n1.O=C(O)C(F)(F)F.O=C(O)C(F)(F)F. The molecule has 0 radical (unpaired) electrons. The summed E-state index contributed by atoms with van der Waals surface area (Å²) in [4.78, 5) is 28.9. The number of carboxylic acids is 2. The van der Waals surface area contributed by atoms with Crippen LogP contribution in [0.3, 0.4) is 0 Å². The molecule has 200 valence electrons. The van der Waals surface area contributed by atoms with Crippen LogP contribution in [-0.4, -0.2) is 73.7 Å². The second-order valence-corrected chi connectivity index (χ2v) is 7.79. The number of aryl methyl sites for hydroxylation is 1. The third-order valence-corrected chi connectivity index (χ3v) is 5.05. The number of nitrogens with zero attached hydrogens (tertiary/aromatic N) is 4. The van der Waals surface area contributed by atoms with Gasteiger partial charge in [-0.1, -0.05) is 11.2 Å². The number of aromatic nitrogens is 3. The summed E-state index contributed by atoms with van der Waals surface area (Å²) in [5.41, 5.74) is 1.11. The van der Waals surface area contributed by atoms with Crippen molar-refractivity contribution in [2.24, 2.45) is 5.92 Å². The van der Waals surface area contributed by atoms with Gasteiger partial charge in [0.2, 0.25) is 0 Å². The molecule has 2 fully saturated rings. The Hall–Kier alpha value is -3.27. The van der Waals surface area contributed by atoms with Gasteiger partial charge in [-0.3, -0.25) is 9.88 Å². The molecule has 0 bridgehead atoms. The molecule has 0 saturated carbocycles. The summed E-state index contributed by atoms with van der Waals surface area (Å²) in [5, 5.41) is 18.1. The van der Waals surface area contributed by atoms with Crippen LogP contribution in [-0.2, 0) is 20.9 Å². The largest absolute Gasteiger partial charge is 0.490 e. The van der Waals surface area contributed by atoms with Crippen molar-refractivity contribution in [2.45, 2.75) is 50.9 Å². The first-order chi connectivity index (χ1) is 16.7. The number of piperidine rings is 1. The zero-order valence-electron chi connectivity index (χ0n) is 18.7. The van der Waals surface area contributed by atoms with Crippen molar-refractivity contribution < 1.29 is 55.4 Å². The van der Waals surface area contributed by atoms with E-state index in [2.05, 4.69) is 26.1 Å². The third kappa shape index (κ3) is 9.07. The molecule has 4 rings (SSSR count). The van der Waals surface area contributed by atoms with Crippen molar-refractivity contribution in [2.75, 3.05) is 13.1 Å². The molecule has 10 nitrogen and oxygen atoms in total. The molecule has 2 N–H and O–H groups in total. The van der Waals surface area contributed by atoms with E-state index >= 15 is 0 Å². The van der Waals surface area contributed by atoms with Gasteiger partial charge in [0.25, 0.3) is 5.89 Å². The van der Waals surface area contributed by atoms with E-state index in [4.69, 9.17) is 29.1 Å². The van der Waals surface area contributed by atoms with Gasteiger partial charge in [-0.15, -0.1) is 0 Å². The number of aliphatic carboxylic acids is 2. The van der Waals surface area contributed by atoms with E-state index in [1.165, 1.54) is 0 Å². The highest BCUT2D eigenvalue weighted by atomic mass is 19.4.